The number of aromatic amines is 3. The summed E-state index contributed by atoms with van der Waals surface area (Å²) < 4.78 is 13.6. The van der Waals surface area contributed by atoms with Crippen LogP contribution in [0.5, 0.6) is 0 Å². The van der Waals surface area contributed by atoms with Crippen molar-refractivity contribution in [3.63, 3.8) is 0 Å². The molecule has 6 N–H and O–H groups in total. The second-order valence-corrected chi connectivity index (χ2v) is 22.0. The number of nitrogens with two attached hydrogens (primary N) is 1. The van der Waals surface area contributed by atoms with Gasteiger partial charge >= 0.3 is 12.2 Å². The van der Waals surface area contributed by atoms with E-state index in [2.05, 4.69) is 30.2 Å². The van der Waals surface area contributed by atoms with E-state index in [0.29, 0.717) is 52.8 Å². The monoisotopic (exact) mass is 1100 g/mol. The van der Waals surface area contributed by atoms with E-state index in [1.165, 1.54) is 17.6 Å². The van der Waals surface area contributed by atoms with Gasteiger partial charge in [-0.25, -0.2) is 19.6 Å². The van der Waals surface area contributed by atoms with Gasteiger partial charge in [0.05, 0.1) is 37.8 Å². The first-order valence-corrected chi connectivity index (χ1v) is 26.4. The lowest BCUT2D eigenvalue weighted by atomic mass is 9.95. The third-order valence-electron chi connectivity index (χ3n) is 12.5. The van der Waals surface area contributed by atoms with E-state index in [-0.39, 0.29) is 51.7 Å². The fourth-order valence-corrected chi connectivity index (χ4v) is 10.0. The number of fused-ring (bicyclic) bond motifs is 1. The minimum Gasteiger partial charge on any atom is -0.444 e. The van der Waals surface area contributed by atoms with Crippen molar-refractivity contribution in [2.75, 3.05) is 18.0 Å². The average molecular weight is 1100 g/mol. The normalized spacial score (nSPS) is 16.2. The molecule has 8 rings (SSSR count). The van der Waals surface area contributed by atoms with Crippen LogP contribution in [0.1, 0.15) is 148 Å². The first-order chi connectivity index (χ1) is 35.6. The van der Waals surface area contributed by atoms with Crippen molar-refractivity contribution in [2.24, 2.45) is 5.73 Å². The SMILES string of the molecule is CC(C)(C)OC(=O)N1CCCCC[C@@H]1c1cc(Cl)ccc1CN(C(=S)NC(=O)c1ccccc1)c1nc[nH]c1C(N)=O.CC(C)(C)OC(=O)N1CCCCC[C@@H]1c1cc(Cl)ccc1Cn1c(=S)[nH]c(=O)c2[nH]cnc21. The van der Waals surface area contributed by atoms with Crippen molar-refractivity contribution in [2.45, 2.75) is 129 Å². The molecule has 2 atom stereocenters. The largest absolute Gasteiger partial charge is 0.444 e. The molecule has 4 amide bonds. The van der Waals surface area contributed by atoms with E-state index in [1.807, 2.05) is 76.8 Å². The van der Waals surface area contributed by atoms with Crippen molar-refractivity contribution in [3.8, 4) is 0 Å². The Balaban J connectivity index is 0.000000225. The number of benzene rings is 3. The van der Waals surface area contributed by atoms with Gasteiger partial charge in [-0.3, -0.25) is 34.2 Å². The van der Waals surface area contributed by atoms with Gasteiger partial charge in [0.2, 0.25) is 0 Å². The van der Waals surface area contributed by atoms with E-state index in [4.69, 9.17) is 62.8 Å². The molecule has 0 aliphatic carbocycles. The van der Waals surface area contributed by atoms with Crippen LogP contribution in [0.2, 0.25) is 10.0 Å². The third kappa shape index (κ3) is 14.4. The lowest BCUT2D eigenvalue weighted by Gasteiger charge is -2.34. The van der Waals surface area contributed by atoms with Crippen molar-refractivity contribution >= 4 is 93.7 Å². The molecule has 18 nitrogen and oxygen atoms in total. The maximum atomic E-state index is 13.4. The number of H-pyrrole nitrogens is 3. The molecule has 0 radical (unpaired) electrons. The van der Waals surface area contributed by atoms with E-state index in [9.17, 15) is 24.0 Å². The first-order valence-electron chi connectivity index (χ1n) is 24.8. The van der Waals surface area contributed by atoms with Crippen LogP contribution in [-0.2, 0) is 22.6 Å². The Morgan fingerprint density at radius 2 is 1.32 bits per heavy atom. The smallest absolute Gasteiger partial charge is 0.410 e. The summed E-state index contributed by atoms with van der Waals surface area (Å²) in [7, 11) is 0. The third-order valence-corrected chi connectivity index (χ3v) is 13.7. The molecule has 0 spiro atoms. The van der Waals surface area contributed by atoms with Crippen LogP contribution >= 0.6 is 47.6 Å². The van der Waals surface area contributed by atoms with Crippen molar-refractivity contribution in [1.29, 1.82) is 0 Å². The average Bonchev–Trinajstić information content (AvgIpc) is 3.90. The molecular formula is C53H63Cl2N11O7S2. The van der Waals surface area contributed by atoms with Crippen LogP contribution in [0.15, 0.2) is 84.2 Å². The summed E-state index contributed by atoms with van der Waals surface area (Å²) in [6.45, 7) is 12.8. The predicted molar refractivity (Wildman–Crippen MR) is 296 cm³/mol. The summed E-state index contributed by atoms with van der Waals surface area (Å²) in [6.07, 6.45) is 9.31. The summed E-state index contributed by atoms with van der Waals surface area (Å²) in [5, 5.41) is 3.86. The lowest BCUT2D eigenvalue weighted by molar-refractivity contribution is 0.0152. The second-order valence-electron chi connectivity index (χ2n) is 20.4. The van der Waals surface area contributed by atoms with Gasteiger partial charge in [0.15, 0.2) is 21.3 Å². The number of thiocarbonyl (C=S) groups is 1. The number of carbonyl (C=O) groups is 4. The van der Waals surface area contributed by atoms with E-state index in [0.717, 1.165) is 67.2 Å². The summed E-state index contributed by atoms with van der Waals surface area (Å²) in [6, 6.07) is 19.3. The number of aromatic nitrogens is 6. The highest BCUT2D eigenvalue weighted by molar-refractivity contribution is 7.80. The molecule has 5 heterocycles. The lowest BCUT2D eigenvalue weighted by Crippen LogP contribution is -2.44. The van der Waals surface area contributed by atoms with Gasteiger partial charge in [-0.1, -0.05) is 79.2 Å². The molecule has 22 heteroatoms. The van der Waals surface area contributed by atoms with Gasteiger partial charge in [-0.05, 0) is 150 Å². The Morgan fingerprint density at radius 3 is 1.88 bits per heavy atom. The standard InChI is InChI=1S/C30H35ClN6O4S.C23H28ClN5O3S/c1-30(2,3)41-29(40)36-15-9-5-8-12-23(36)22-16-21(31)14-13-20(22)17-37(26-24(25(32)38)33-18-34-26)28(42)35-27(39)19-10-6-4-7-11-19;1-23(2,3)32-22(31)28-10-6-4-5-7-17(28)16-11-15(24)9-8-14(16)12-29-19-18(25-13-26-19)20(30)27-21(29)33/h4,6-7,10-11,13-14,16,18,23H,5,8-9,12,15,17H2,1-3H3,(H2,32,38)(H,33,34)(H,35,39,42);8-9,11,13,17H,4-7,10,12H2,1-3H3,(H,25,26)(H,27,30,33)/t23-;17-/m11/s1. The number of likely N-dealkylation sites (tertiary alicyclic amines) is 2. The Labute approximate surface area is 455 Å². The Morgan fingerprint density at radius 1 is 0.773 bits per heavy atom. The highest BCUT2D eigenvalue weighted by Gasteiger charge is 2.35. The summed E-state index contributed by atoms with van der Waals surface area (Å²) in [4.78, 5) is 86.0. The van der Waals surface area contributed by atoms with Crippen LogP contribution in [-0.4, -0.2) is 92.7 Å². The summed E-state index contributed by atoms with van der Waals surface area (Å²) in [5.74, 6) is -0.995. The highest BCUT2D eigenvalue weighted by atomic mass is 35.5. The van der Waals surface area contributed by atoms with Gasteiger partial charge in [-0.2, -0.15) is 0 Å². The van der Waals surface area contributed by atoms with E-state index in [1.54, 1.807) is 45.9 Å². The molecule has 0 unspecified atom stereocenters. The van der Waals surface area contributed by atoms with Crippen LogP contribution in [0.3, 0.4) is 0 Å². The molecule has 2 fully saturated rings. The Bertz CT molecular complexity index is 3160. The number of nitrogens with zero attached hydrogens (tertiary/aromatic N) is 6. The molecule has 0 bridgehead atoms. The predicted octanol–water partition coefficient (Wildman–Crippen LogP) is 11.1. The summed E-state index contributed by atoms with van der Waals surface area (Å²) in [5.41, 5.74) is 8.86. The topological polar surface area (TPSA) is 230 Å². The van der Waals surface area contributed by atoms with Crippen molar-refractivity contribution in [3.05, 3.63) is 138 Å². The Kier molecular flexibility index (Phi) is 18.2. The summed E-state index contributed by atoms with van der Waals surface area (Å²) >= 11 is 24.1. The zero-order chi connectivity index (χ0) is 54.2. The van der Waals surface area contributed by atoms with Gasteiger partial charge in [0, 0.05) is 28.7 Å². The molecule has 3 aromatic heterocycles. The fraction of sp³-hybridized carbons (Fsp3) is 0.415. The van der Waals surface area contributed by atoms with Crippen LogP contribution in [0.4, 0.5) is 15.4 Å². The number of nitrogens with one attached hydrogen (secondary N) is 4. The van der Waals surface area contributed by atoms with Crippen molar-refractivity contribution < 1.29 is 28.7 Å². The number of rotatable bonds is 9. The minimum absolute atomic E-state index is 0.0178. The number of imidazole rings is 2. The zero-order valence-corrected chi connectivity index (χ0v) is 46.0. The molecule has 0 saturated carbocycles. The van der Waals surface area contributed by atoms with E-state index < -0.39 is 29.1 Å². The van der Waals surface area contributed by atoms with Crippen LogP contribution in [0, 0.1) is 4.77 Å². The molecular weight excluding hydrogens is 1040 g/mol. The van der Waals surface area contributed by atoms with Crippen molar-refractivity contribution in [1.82, 2.24) is 44.6 Å². The zero-order valence-electron chi connectivity index (χ0n) is 42.8. The van der Waals surface area contributed by atoms with Gasteiger partial charge < -0.3 is 35.0 Å². The number of hydrogen-bond donors (Lipinski definition) is 5. The van der Waals surface area contributed by atoms with Gasteiger partial charge in [0.25, 0.3) is 17.4 Å². The molecule has 2 saturated heterocycles. The fourth-order valence-electron chi connectivity index (χ4n) is 9.19. The number of primary amides is 1. The molecule has 398 valence electrons. The maximum absolute atomic E-state index is 13.4. The van der Waals surface area contributed by atoms with Crippen LogP contribution < -0.4 is 21.5 Å². The minimum atomic E-state index is -0.735. The first kappa shape index (κ1) is 56.1. The quantitative estimate of drug-likeness (QED) is 0.0852. The second kappa shape index (κ2) is 24.4. The van der Waals surface area contributed by atoms with Gasteiger partial charge in [0.1, 0.15) is 22.4 Å². The number of carbonyl (C=O) groups excluding carboxylic acids is 4. The van der Waals surface area contributed by atoms with Crippen LogP contribution in [0.25, 0.3) is 11.2 Å². The molecule has 6 aromatic rings. The molecule has 75 heavy (non-hydrogen) atoms. The van der Waals surface area contributed by atoms with E-state index >= 15 is 0 Å². The number of anilines is 1. The maximum Gasteiger partial charge on any atom is 0.410 e. The number of hydrogen-bond acceptors (Lipinski definition) is 11. The highest BCUT2D eigenvalue weighted by Crippen LogP contribution is 2.38. The number of amides is 4. The molecule has 2 aliphatic heterocycles. The Hall–Kier alpha value is -6.61. The number of ether oxygens (including phenoxy) is 2. The molecule has 3 aromatic carbocycles. The molecule has 2 aliphatic rings. The number of halogens is 2. The van der Waals surface area contributed by atoms with Gasteiger partial charge in [-0.15, -0.1) is 0 Å².